The highest BCUT2D eigenvalue weighted by atomic mass is 16.5. The first-order valence-electron chi connectivity index (χ1n) is 13.0. The zero-order chi connectivity index (χ0) is 26.0. The van der Waals surface area contributed by atoms with E-state index < -0.39 is 0 Å². The largest absolute Gasteiger partial charge is 0.383 e. The number of nitrogens with zero attached hydrogens (tertiary/aromatic N) is 6. The van der Waals surface area contributed by atoms with Crippen molar-refractivity contribution in [1.82, 2.24) is 19.9 Å². The Hall–Kier alpha value is -3.54. The summed E-state index contributed by atoms with van der Waals surface area (Å²) in [7, 11) is 1.75. The van der Waals surface area contributed by atoms with E-state index in [1.807, 2.05) is 41.4 Å². The normalized spacial score (nSPS) is 18.3. The van der Waals surface area contributed by atoms with Gasteiger partial charge in [0.2, 0.25) is 5.82 Å². The number of carbonyl (C=O) groups excluding carboxylic acids is 1. The van der Waals surface area contributed by atoms with Gasteiger partial charge in [-0.2, -0.15) is 10.2 Å². The minimum Gasteiger partial charge on any atom is -0.383 e. The van der Waals surface area contributed by atoms with Gasteiger partial charge in [0, 0.05) is 43.1 Å². The summed E-state index contributed by atoms with van der Waals surface area (Å²) in [5.41, 5.74) is 2.51. The molecule has 192 valence electrons. The van der Waals surface area contributed by atoms with Crippen LogP contribution < -0.4 is 5.01 Å². The summed E-state index contributed by atoms with van der Waals surface area (Å²) >= 11 is 0. The quantitative estimate of drug-likeness (QED) is 0.503. The third kappa shape index (κ3) is 5.29. The smallest absolute Gasteiger partial charge is 0.272 e. The van der Waals surface area contributed by atoms with Gasteiger partial charge >= 0.3 is 0 Å². The maximum Gasteiger partial charge on any atom is 0.272 e. The third-order valence-corrected chi connectivity index (χ3v) is 7.44. The lowest BCUT2D eigenvalue weighted by molar-refractivity contribution is 0.0760. The molecule has 5 rings (SSSR count). The molecule has 2 fully saturated rings. The summed E-state index contributed by atoms with van der Waals surface area (Å²) in [5.74, 6) is 1.15. The van der Waals surface area contributed by atoms with Gasteiger partial charge in [-0.15, -0.1) is 0 Å². The van der Waals surface area contributed by atoms with Gasteiger partial charge in [0.15, 0.2) is 5.82 Å². The number of fused-ring (bicyclic) bond motifs is 1. The molecule has 1 amide bonds. The highest BCUT2D eigenvalue weighted by molar-refractivity contribution is 5.97. The maximum atomic E-state index is 13.8. The van der Waals surface area contributed by atoms with E-state index >= 15 is 0 Å². The van der Waals surface area contributed by atoms with Gasteiger partial charge in [-0.25, -0.2) is 9.99 Å². The molecule has 0 saturated carbocycles. The van der Waals surface area contributed by atoms with E-state index in [4.69, 9.17) is 4.74 Å². The third-order valence-electron chi connectivity index (χ3n) is 7.44. The van der Waals surface area contributed by atoms with Gasteiger partial charge in [-0.1, -0.05) is 38.1 Å². The summed E-state index contributed by atoms with van der Waals surface area (Å²) in [4.78, 5) is 25.1. The minimum absolute atomic E-state index is 0.0623. The van der Waals surface area contributed by atoms with Crippen LogP contribution in [0, 0.1) is 16.7 Å². The summed E-state index contributed by atoms with van der Waals surface area (Å²) in [5, 5.41) is 14.1. The Morgan fingerprint density at radius 3 is 2.51 bits per heavy atom. The molecule has 0 unspecified atom stereocenters. The Labute approximate surface area is 218 Å². The second-order valence-corrected chi connectivity index (χ2v) is 10.8. The zero-order valence-corrected chi connectivity index (χ0v) is 21.9. The lowest BCUT2D eigenvalue weighted by Gasteiger charge is -2.32. The van der Waals surface area contributed by atoms with Crippen molar-refractivity contribution in [3.63, 3.8) is 0 Å². The fourth-order valence-electron chi connectivity index (χ4n) is 5.47. The molecule has 2 aromatic carbocycles. The maximum absolute atomic E-state index is 13.8. The standard InChI is InChI=1S/C29H34N6O2/c1-29(2)19-34(27-24-6-4-5-7-25(24)31-26(18-30)32-27)35(20-29)28(36)23-10-8-21(9-11-23)22-12-14-33(15-13-22)16-17-37-3/h4-11,22H,12-17,19-20H2,1-3H3. The predicted octanol–water partition coefficient (Wildman–Crippen LogP) is 4.23. The molecule has 0 spiro atoms. The Balaban J connectivity index is 1.37. The minimum atomic E-state index is -0.134. The Kier molecular flexibility index (Phi) is 7.09. The average Bonchev–Trinajstić information content (AvgIpc) is 3.26. The molecule has 2 saturated heterocycles. The number of para-hydroxylation sites is 1. The summed E-state index contributed by atoms with van der Waals surface area (Å²) in [6.07, 6.45) is 2.24. The van der Waals surface area contributed by atoms with E-state index in [0.717, 1.165) is 44.5 Å². The van der Waals surface area contributed by atoms with Crippen molar-refractivity contribution in [2.45, 2.75) is 32.6 Å². The number of benzene rings is 2. The Morgan fingerprint density at radius 1 is 1.08 bits per heavy atom. The van der Waals surface area contributed by atoms with Crippen molar-refractivity contribution >= 4 is 22.6 Å². The number of nitriles is 1. The summed E-state index contributed by atoms with van der Waals surface area (Å²) in [6, 6.07) is 17.8. The van der Waals surface area contributed by atoms with Crippen molar-refractivity contribution in [2.24, 2.45) is 5.41 Å². The molecule has 1 aromatic heterocycles. The molecule has 0 atom stereocenters. The number of piperidine rings is 1. The number of amides is 1. The number of hydrazine groups is 1. The van der Waals surface area contributed by atoms with Gasteiger partial charge in [0.05, 0.1) is 12.1 Å². The molecule has 3 heterocycles. The Morgan fingerprint density at radius 2 is 1.81 bits per heavy atom. The first-order chi connectivity index (χ1) is 17.9. The fraction of sp³-hybridized carbons (Fsp3) is 0.448. The molecule has 0 N–H and O–H groups in total. The SMILES string of the molecule is COCCN1CCC(c2ccc(C(=O)N3CC(C)(C)CN3c3nc(C#N)nc4ccccc34)cc2)CC1. The van der Waals surface area contributed by atoms with E-state index in [9.17, 15) is 10.1 Å². The number of methoxy groups -OCH3 is 1. The lowest BCUT2D eigenvalue weighted by Crippen LogP contribution is -2.42. The number of hydrogen-bond acceptors (Lipinski definition) is 7. The number of aromatic nitrogens is 2. The summed E-state index contributed by atoms with van der Waals surface area (Å²) < 4.78 is 5.21. The highest BCUT2D eigenvalue weighted by Crippen LogP contribution is 2.36. The van der Waals surface area contributed by atoms with Crippen LogP contribution in [0.4, 0.5) is 5.82 Å². The monoisotopic (exact) mass is 498 g/mol. The number of rotatable bonds is 6. The molecular formula is C29H34N6O2. The predicted molar refractivity (Wildman–Crippen MR) is 143 cm³/mol. The fourth-order valence-corrected chi connectivity index (χ4v) is 5.47. The van der Waals surface area contributed by atoms with Crippen molar-refractivity contribution in [3.8, 4) is 6.07 Å². The molecule has 8 nitrogen and oxygen atoms in total. The molecular weight excluding hydrogens is 464 g/mol. The van der Waals surface area contributed by atoms with Gasteiger partial charge in [0.1, 0.15) is 6.07 Å². The second-order valence-electron chi connectivity index (χ2n) is 10.8. The van der Waals surface area contributed by atoms with E-state index in [0.29, 0.717) is 35.9 Å². The first kappa shape index (κ1) is 25.1. The van der Waals surface area contributed by atoms with Crippen LogP contribution in [-0.2, 0) is 4.74 Å². The van der Waals surface area contributed by atoms with E-state index in [-0.39, 0.29) is 17.1 Å². The molecule has 37 heavy (non-hydrogen) atoms. The van der Waals surface area contributed by atoms with Crippen molar-refractivity contribution in [2.75, 3.05) is 51.4 Å². The molecule has 0 aliphatic carbocycles. The summed E-state index contributed by atoms with van der Waals surface area (Å²) in [6.45, 7) is 9.37. The molecule has 2 aliphatic heterocycles. The number of hydrogen-bond donors (Lipinski definition) is 0. The van der Waals surface area contributed by atoms with Crippen molar-refractivity contribution in [3.05, 3.63) is 65.5 Å². The van der Waals surface area contributed by atoms with Crippen LogP contribution in [0.25, 0.3) is 10.9 Å². The lowest BCUT2D eigenvalue weighted by atomic mass is 9.89. The molecule has 0 radical (unpaired) electrons. The van der Waals surface area contributed by atoms with Gasteiger partial charge in [0.25, 0.3) is 5.91 Å². The van der Waals surface area contributed by atoms with Crippen LogP contribution in [0.5, 0.6) is 0 Å². The Bertz CT molecular complexity index is 1310. The van der Waals surface area contributed by atoms with Gasteiger partial charge in [-0.3, -0.25) is 9.80 Å². The van der Waals surface area contributed by atoms with Gasteiger partial charge < -0.3 is 9.64 Å². The number of likely N-dealkylation sites (tertiary alicyclic amines) is 1. The van der Waals surface area contributed by atoms with Crippen LogP contribution in [0.15, 0.2) is 48.5 Å². The van der Waals surface area contributed by atoms with Crippen LogP contribution in [0.1, 0.15) is 54.4 Å². The topological polar surface area (TPSA) is 85.6 Å². The second kappa shape index (κ2) is 10.4. The van der Waals surface area contributed by atoms with Crippen LogP contribution in [-0.4, -0.2) is 72.2 Å². The van der Waals surface area contributed by atoms with E-state index in [1.54, 1.807) is 12.1 Å². The average molecular weight is 499 g/mol. The zero-order valence-electron chi connectivity index (χ0n) is 21.9. The van der Waals surface area contributed by atoms with Crippen LogP contribution in [0.3, 0.4) is 0 Å². The molecule has 2 aliphatic rings. The highest BCUT2D eigenvalue weighted by Gasteiger charge is 2.40. The van der Waals surface area contributed by atoms with Crippen LogP contribution in [0.2, 0.25) is 0 Å². The number of ether oxygens (including phenoxy) is 1. The first-order valence-corrected chi connectivity index (χ1v) is 13.0. The van der Waals surface area contributed by atoms with Crippen LogP contribution >= 0.6 is 0 Å². The number of anilines is 1. The molecule has 3 aromatic rings. The number of carbonyl (C=O) groups is 1. The van der Waals surface area contributed by atoms with Crippen molar-refractivity contribution < 1.29 is 9.53 Å². The molecule has 8 heteroatoms. The van der Waals surface area contributed by atoms with Gasteiger partial charge in [-0.05, 0) is 61.7 Å². The van der Waals surface area contributed by atoms with Crippen molar-refractivity contribution in [1.29, 1.82) is 5.26 Å². The van der Waals surface area contributed by atoms with E-state index in [1.165, 1.54) is 5.56 Å². The molecule has 0 bridgehead atoms. The van der Waals surface area contributed by atoms with E-state index in [2.05, 4.69) is 46.9 Å².